The summed E-state index contributed by atoms with van der Waals surface area (Å²) in [6, 6.07) is 0. The molecular formula is C15H29NO3S. The lowest BCUT2D eigenvalue weighted by atomic mass is 9.75. The summed E-state index contributed by atoms with van der Waals surface area (Å²) in [6.45, 7) is 0.511. The second-order valence-corrected chi connectivity index (χ2v) is 8.68. The normalized spacial score (nSPS) is 24.6. The van der Waals surface area contributed by atoms with Gasteiger partial charge in [-0.05, 0) is 31.6 Å². The van der Waals surface area contributed by atoms with E-state index in [0.717, 1.165) is 38.5 Å². The van der Waals surface area contributed by atoms with Gasteiger partial charge in [-0.15, -0.1) is 0 Å². The summed E-state index contributed by atoms with van der Waals surface area (Å²) >= 11 is 0. The van der Waals surface area contributed by atoms with Gasteiger partial charge in [0.15, 0.2) is 0 Å². The molecule has 0 unspecified atom stereocenters. The molecule has 20 heavy (non-hydrogen) atoms. The number of aliphatic hydroxyl groups excluding tert-OH is 1. The SMILES string of the molecule is O=S(=O)(CC1CCCCC1)NCC1(CO)CCCCC1. The highest BCUT2D eigenvalue weighted by Crippen LogP contribution is 2.35. The van der Waals surface area contributed by atoms with Crippen LogP contribution >= 0.6 is 0 Å². The van der Waals surface area contributed by atoms with Crippen LogP contribution in [0, 0.1) is 11.3 Å². The number of rotatable bonds is 6. The number of aliphatic hydroxyl groups is 1. The predicted octanol–water partition coefficient (Wildman–Crippen LogP) is 2.43. The van der Waals surface area contributed by atoms with E-state index < -0.39 is 10.0 Å². The van der Waals surface area contributed by atoms with Crippen molar-refractivity contribution in [1.29, 1.82) is 0 Å². The highest BCUT2D eigenvalue weighted by Gasteiger charge is 2.33. The molecule has 0 heterocycles. The fourth-order valence-electron chi connectivity index (χ4n) is 3.68. The van der Waals surface area contributed by atoms with Crippen LogP contribution in [0.5, 0.6) is 0 Å². The van der Waals surface area contributed by atoms with Crippen LogP contribution in [-0.4, -0.2) is 32.4 Å². The Bertz CT molecular complexity index is 382. The molecule has 0 aromatic carbocycles. The van der Waals surface area contributed by atoms with E-state index in [4.69, 9.17) is 0 Å². The van der Waals surface area contributed by atoms with Crippen molar-refractivity contribution in [2.75, 3.05) is 18.9 Å². The Hall–Kier alpha value is -0.130. The molecule has 2 N–H and O–H groups in total. The highest BCUT2D eigenvalue weighted by atomic mass is 32.2. The Kier molecular flexibility index (Phi) is 5.87. The molecule has 4 nitrogen and oxygen atoms in total. The van der Waals surface area contributed by atoms with Gasteiger partial charge in [-0.25, -0.2) is 13.1 Å². The second-order valence-electron chi connectivity index (χ2n) is 6.83. The quantitative estimate of drug-likeness (QED) is 0.792. The lowest BCUT2D eigenvalue weighted by Gasteiger charge is -2.35. The van der Waals surface area contributed by atoms with Crippen molar-refractivity contribution in [2.24, 2.45) is 11.3 Å². The summed E-state index contributed by atoms with van der Waals surface area (Å²) in [4.78, 5) is 0. The van der Waals surface area contributed by atoms with Crippen LogP contribution in [-0.2, 0) is 10.0 Å². The van der Waals surface area contributed by atoms with E-state index in [9.17, 15) is 13.5 Å². The van der Waals surface area contributed by atoms with E-state index in [1.807, 2.05) is 0 Å². The maximum absolute atomic E-state index is 12.2. The Morgan fingerprint density at radius 3 is 2.20 bits per heavy atom. The Balaban J connectivity index is 1.84. The minimum Gasteiger partial charge on any atom is -0.396 e. The van der Waals surface area contributed by atoms with E-state index in [-0.39, 0.29) is 17.8 Å². The minimum absolute atomic E-state index is 0.0962. The van der Waals surface area contributed by atoms with E-state index in [2.05, 4.69) is 4.72 Å². The summed E-state index contributed by atoms with van der Waals surface area (Å²) < 4.78 is 27.2. The van der Waals surface area contributed by atoms with E-state index in [0.29, 0.717) is 12.5 Å². The van der Waals surface area contributed by atoms with Gasteiger partial charge in [-0.3, -0.25) is 0 Å². The Labute approximate surface area is 123 Å². The molecule has 2 saturated carbocycles. The molecule has 2 fully saturated rings. The average Bonchev–Trinajstić information content (AvgIpc) is 2.47. The van der Waals surface area contributed by atoms with Gasteiger partial charge in [0.05, 0.1) is 5.75 Å². The fraction of sp³-hybridized carbons (Fsp3) is 1.00. The largest absolute Gasteiger partial charge is 0.396 e. The molecule has 0 radical (unpaired) electrons. The van der Waals surface area contributed by atoms with Crippen LogP contribution in [0.15, 0.2) is 0 Å². The summed E-state index contributed by atoms with van der Waals surface area (Å²) in [7, 11) is -3.19. The van der Waals surface area contributed by atoms with Crippen molar-refractivity contribution in [1.82, 2.24) is 4.72 Å². The molecule has 0 aromatic rings. The second kappa shape index (κ2) is 7.23. The Morgan fingerprint density at radius 2 is 1.60 bits per heavy atom. The number of sulfonamides is 1. The monoisotopic (exact) mass is 303 g/mol. The summed E-state index contributed by atoms with van der Waals surface area (Å²) in [5.74, 6) is 0.604. The van der Waals surface area contributed by atoms with Crippen molar-refractivity contribution >= 4 is 10.0 Å². The molecule has 0 spiro atoms. The minimum atomic E-state index is -3.19. The van der Waals surface area contributed by atoms with Crippen LogP contribution in [0.1, 0.15) is 64.2 Å². The van der Waals surface area contributed by atoms with Gasteiger partial charge in [-0.2, -0.15) is 0 Å². The smallest absolute Gasteiger partial charge is 0.211 e. The first-order valence-corrected chi connectivity index (χ1v) is 9.79. The molecule has 2 rings (SSSR count). The van der Waals surface area contributed by atoms with Gasteiger partial charge < -0.3 is 5.11 Å². The molecule has 118 valence electrons. The van der Waals surface area contributed by atoms with E-state index in [1.54, 1.807) is 0 Å². The third-order valence-electron chi connectivity index (χ3n) is 5.10. The lowest BCUT2D eigenvalue weighted by Crippen LogP contribution is -2.42. The van der Waals surface area contributed by atoms with Gasteiger partial charge in [0.2, 0.25) is 10.0 Å². The van der Waals surface area contributed by atoms with Crippen LogP contribution in [0.2, 0.25) is 0 Å². The van der Waals surface area contributed by atoms with Crippen molar-refractivity contribution in [3.8, 4) is 0 Å². The molecule has 5 heteroatoms. The molecule has 2 aliphatic rings. The number of hydrogen-bond donors (Lipinski definition) is 2. The zero-order chi connectivity index (χ0) is 14.5. The Morgan fingerprint density at radius 1 is 1.00 bits per heavy atom. The van der Waals surface area contributed by atoms with Crippen molar-refractivity contribution < 1.29 is 13.5 Å². The topological polar surface area (TPSA) is 66.4 Å². The first-order valence-electron chi connectivity index (χ1n) is 8.13. The van der Waals surface area contributed by atoms with Crippen molar-refractivity contribution in [3.05, 3.63) is 0 Å². The van der Waals surface area contributed by atoms with Crippen molar-refractivity contribution in [3.63, 3.8) is 0 Å². The third kappa shape index (κ3) is 4.71. The van der Waals surface area contributed by atoms with Crippen LogP contribution < -0.4 is 4.72 Å². The summed E-state index contributed by atoms with van der Waals surface area (Å²) in [5, 5.41) is 9.62. The number of nitrogens with one attached hydrogen (secondary N) is 1. The predicted molar refractivity (Wildman–Crippen MR) is 81.0 cm³/mol. The summed E-state index contributed by atoms with van der Waals surface area (Å²) in [6.07, 6.45) is 11.0. The first-order chi connectivity index (χ1) is 9.55. The first kappa shape index (κ1) is 16.2. The van der Waals surface area contributed by atoms with Gasteiger partial charge in [0.25, 0.3) is 0 Å². The fourth-order valence-corrected chi connectivity index (χ4v) is 5.28. The van der Waals surface area contributed by atoms with Gasteiger partial charge in [0, 0.05) is 18.6 Å². The lowest BCUT2D eigenvalue weighted by molar-refractivity contribution is 0.0867. The molecule has 0 aliphatic heterocycles. The van der Waals surface area contributed by atoms with Crippen LogP contribution in [0.4, 0.5) is 0 Å². The van der Waals surface area contributed by atoms with Crippen molar-refractivity contribution in [2.45, 2.75) is 64.2 Å². The van der Waals surface area contributed by atoms with Crippen LogP contribution in [0.25, 0.3) is 0 Å². The highest BCUT2D eigenvalue weighted by molar-refractivity contribution is 7.89. The summed E-state index contributed by atoms with van der Waals surface area (Å²) in [5.41, 5.74) is -0.210. The zero-order valence-corrected chi connectivity index (χ0v) is 13.3. The maximum atomic E-state index is 12.2. The molecule has 0 bridgehead atoms. The van der Waals surface area contributed by atoms with Gasteiger partial charge in [-0.1, -0.05) is 38.5 Å². The molecule has 0 aromatic heterocycles. The molecule has 0 amide bonds. The maximum Gasteiger partial charge on any atom is 0.211 e. The molecular weight excluding hydrogens is 274 g/mol. The molecule has 0 saturated heterocycles. The van der Waals surface area contributed by atoms with E-state index >= 15 is 0 Å². The molecule has 0 atom stereocenters. The van der Waals surface area contributed by atoms with Gasteiger partial charge >= 0.3 is 0 Å². The third-order valence-corrected chi connectivity index (χ3v) is 6.59. The standard InChI is InChI=1S/C15H29NO3S/c17-13-15(9-5-2-6-10-15)12-16-20(18,19)11-14-7-3-1-4-8-14/h14,16-17H,1-13H2. The zero-order valence-electron chi connectivity index (χ0n) is 12.4. The average molecular weight is 303 g/mol. The van der Waals surface area contributed by atoms with E-state index in [1.165, 1.54) is 25.7 Å². The van der Waals surface area contributed by atoms with Gasteiger partial charge in [0.1, 0.15) is 0 Å². The number of hydrogen-bond acceptors (Lipinski definition) is 3. The van der Waals surface area contributed by atoms with Crippen LogP contribution in [0.3, 0.4) is 0 Å². The molecule has 2 aliphatic carbocycles.